The average molecular weight is 296 g/mol. The molecule has 100 valence electrons. The molecule has 3 nitrogen and oxygen atoms in total. The standard InChI is InChI=1S/C14H15Cl2N3/c1-4-17-14-13(18-8(2)9(3)19-14)11-6-5-10(15)7-12(11)16/h5-7H,4H2,1-3H3,(H,17,19). The number of halogens is 2. The molecule has 0 aliphatic rings. The molecule has 0 atom stereocenters. The molecule has 0 bridgehead atoms. The highest BCUT2D eigenvalue weighted by molar-refractivity contribution is 6.36. The average Bonchev–Trinajstić information content (AvgIpc) is 2.34. The third kappa shape index (κ3) is 2.99. The topological polar surface area (TPSA) is 37.8 Å². The molecular weight excluding hydrogens is 281 g/mol. The Morgan fingerprint density at radius 3 is 2.42 bits per heavy atom. The number of anilines is 1. The van der Waals surface area contributed by atoms with E-state index in [1.165, 1.54) is 0 Å². The maximum absolute atomic E-state index is 6.25. The van der Waals surface area contributed by atoms with Crippen molar-refractivity contribution in [3.63, 3.8) is 0 Å². The second kappa shape index (κ2) is 5.76. The summed E-state index contributed by atoms with van der Waals surface area (Å²) in [6, 6.07) is 5.38. The minimum absolute atomic E-state index is 0.573. The van der Waals surface area contributed by atoms with Gasteiger partial charge in [0.05, 0.1) is 16.4 Å². The lowest BCUT2D eigenvalue weighted by Crippen LogP contribution is -2.06. The molecule has 2 aromatic rings. The third-order valence-electron chi connectivity index (χ3n) is 2.84. The molecule has 2 rings (SSSR count). The maximum atomic E-state index is 6.25. The van der Waals surface area contributed by atoms with Gasteiger partial charge in [-0.1, -0.05) is 23.2 Å². The highest BCUT2D eigenvalue weighted by Crippen LogP contribution is 2.33. The Kier molecular flexibility index (Phi) is 4.27. The van der Waals surface area contributed by atoms with E-state index in [4.69, 9.17) is 23.2 Å². The highest BCUT2D eigenvalue weighted by atomic mass is 35.5. The van der Waals surface area contributed by atoms with Gasteiger partial charge in [-0.15, -0.1) is 0 Å². The number of nitrogens with one attached hydrogen (secondary N) is 1. The molecule has 1 aromatic carbocycles. The van der Waals surface area contributed by atoms with Crippen molar-refractivity contribution in [1.82, 2.24) is 9.97 Å². The van der Waals surface area contributed by atoms with Gasteiger partial charge in [-0.05, 0) is 39.0 Å². The fraction of sp³-hybridized carbons (Fsp3) is 0.286. The predicted octanol–water partition coefficient (Wildman–Crippen LogP) is 4.50. The van der Waals surface area contributed by atoms with Gasteiger partial charge < -0.3 is 5.32 Å². The quantitative estimate of drug-likeness (QED) is 0.906. The molecule has 0 aliphatic carbocycles. The maximum Gasteiger partial charge on any atom is 0.152 e. The van der Waals surface area contributed by atoms with Crippen LogP contribution < -0.4 is 5.32 Å². The van der Waals surface area contributed by atoms with E-state index < -0.39 is 0 Å². The van der Waals surface area contributed by atoms with Gasteiger partial charge in [0.2, 0.25) is 0 Å². The number of nitrogens with zero attached hydrogens (tertiary/aromatic N) is 2. The summed E-state index contributed by atoms with van der Waals surface area (Å²) in [6.07, 6.45) is 0. The molecule has 0 fully saturated rings. The number of hydrogen-bond acceptors (Lipinski definition) is 3. The van der Waals surface area contributed by atoms with Gasteiger partial charge in [0.15, 0.2) is 5.82 Å². The van der Waals surface area contributed by atoms with Crippen LogP contribution in [0.2, 0.25) is 10.0 Å². The van der Waals surface area contributed by atoms with Gasteiger partial charge in [0.25, 0.3) is 0 Å². The summed E-state index contributed by atoms with van der Waals surface area (Å²) in [4.78, 5) is 9.14. The lowest BCUT2D eigenvalue weighted by Gasteiger charge is -2.13. The molecule has 0 aliphatic heterocycles. The van der Waals surface area contributed by atoms with Gasteiger partial charge in [-0.25, -0.2) is 9.97 Å². The van der Waals surface area contributed by atoms with E-state index in [0.717, 1.165) is 35.0 Å². The van der Waals surface area contributed by atoms with E-state index in [1.807, 2.05) is 26.8 Å². The van der Waals surface area contributed by atoms with Crippen molar-refractivity contribution >= 4 is 29.0 Å². The first-order chi connectivity index (χ1) is 9.02. The second-order valence-corrected chi connectivity index (χ2v) is 5.09. The Bertz CT molecular complexity index is 612. The first-order valence-corrected chi connectivity index (χ1v) is 6.83. The molecule has 0 radical (unpaired) electrons. The van der Waals surface area contributed by atoms with E-state index in [1.54, 1.807) is 12.1 Å². The molecule has 0 saturated carbocycles. The Hall–Kier alpha value is -1.32. The number of benzene rings is 1. The Balaban J connectivity index is 2.62. The Morgan fingerprint density at radius 2 is 1.79 bits per heavy atom. The molecule has 0 spiro atoms. The molecule has 0 unspecified atom stereocenters. The van der Waals surface area contributed by atoms with Gasteiger partial charge in [-0.2, -0.15) is 0 Å². The number of hydrogen-bond donors (Lipinski definition) is 1. The van der Waals surface area contributed by atoms with Crippen LogP contribution >= 0.6 is 23.2 Å². The monoisotopic (exact) mass is 295 g/mol. The van der Waals surface area contributed by atoms with Crippen LogP contribution in [0.1, 0.15) is 18.3 Å². The summed E-state index contributed by atoms with van der Waals surface area (Å²) < 4.78 is 0. The van der Waals surface area contributed by atoms with Crippen molar-refractivity contribution in [1.29, 1.82) is 0 Å². The van der Waals surface area contributed by atoms with E-state index in [9.17, 15) is 0 Å². The zero-order valence-corrected chi connectivity index (χ0v) is 12.6. The SMILES string of the molecule is CCNc1nc(C)c(C)nc1-c1ccc(Cl)cc1Cl. The van der Waals surface area contributed by atoms with Gasteiger partial charge in [-0.3, -0.25) is 0 Å². The van der Waals surface area contributed by atoms with Crippen LogP contribution in [0.3, 0.4) is 0 Å². The summed E-state index contributed by atoms with van der Waals surface area (Å²) in [6.45, 7) is 6.67. The first kappa shape index (κ1) is 14.1. The smallest absolute Gasteiger partial charge is 0.152 e. The molecule has 19 heavy (non-hydrogen) atoms. The van der Waals surface area contributed by atoms with Crippen LogP contribution in [-0.4, -0.2) is 16.5 Å². The number of aryl methyl sites for hydroxylation is 2. The summed E-state index contributed by atoms with van der Waals surface area (Å²) in [5.74, 6) is 0.745. The zero-order valence-electron chi connectivity index (χ0n) is 11.1. The van der Waals surface area contributed by atoms with Crippen molar-refractivity contribution in [2.45, 2.75) is 20.8 Å². The van der Waals surface area contributed by atoms with Crippen LogP contribution in [0.4, 0.5) is 5.82 Å². The van der Waals surface area contributed by atoms with Gasteiger partial charge in [0.1, 0.15) is 5.69 Å². The van der Waals surface area contributed by atoms with Crippen molar-refractivity contribution in [2.75, 3.05) is 11.9 Å². The number of rotatable bonds is 3. The summed E-state index contributed by atoms with van der Waals surface area (Å²) in [7, 11) is 0. The van der Waals surface area contributed by atoms with Crippen molar-refractivity contribution in [3.8, 4) is 11.3 Å². The van der Waals surface area contributed by atoms with Crippen LogP contribution in [0.15, 0.2) is 18.2 Å². The fourth-order valence-corrected chi connectivity index (χ4v) is 2.26. The minimum Gasteiger partial charge on any atom is -0.369 e. The van der Waals surface area contributed by atoms with E-state index in [2.05, 4.69) is 15.3 Å². The Labute approximate surface area is 123 Å². The minimum atomic E-state index is 0.573. The summed E-state index contributed by atoms with van der Waals surface area (Å²) >= 11 is 12.2. The van der Waals surface area contributed by atoms with Crippen molar-refractivity contribution < 1.29 is 0 Å². The summed E-state index contributed by atoms with van der Waals surface area (Å²) in [5, 5.41) is 4.40. The van der Waals surface area contributed by atoms with Crippen LogP contribution in [0.25, 0.3) is 11.3 Å². The molecule has 1 aromatic heterocycles. The van der Waals surface area contributed by atoms with Crippen LogP contribution in [0, 0.1) is 13.8 Å². The number of aromatic nitrogens is 2. The second-order valence-electron chi connectivity index (χ2n) is 4.25. The molecule has 1 heterocycles. The lowest BCUT2D eigenvalue weighted by atomic mass is 10.1. The zero-order chi connectivity index (χ0) is 14.0. The molecule has 0 saturated heterocycles. The van der Waals surface area contributed by atoms with E-state index >= 15 is 0 Å². The van der Waals surface area contributed by atoms with Crippen LogP contribution in [-0.2, 0) is 0 Å². The predicted molar refractivity (Wildman–Crippen MR) is 81.1 cm³/mol. The van der Waals surface area contributed by atoms with Gasteiger partial charge in [0, 0.05) is 17.1 Å². The lowest BCUT2D eigenvalue weighted by molar-refractivity contribution is 1.03. The highest BCUT2D eigenvalue weighted by Gasteiger charge is 2.13. The summed E-state index contributed by atoms with van der Waals surface area (Å²) in [5.41, 5.74) is 3.39. The van der Waals surface area contributed by atoms with E-state index in [0.29, 0.717) is 10.0 Å². The normalized spacial score (nSPS) is 10.6. The van der Waals surface area contributed by atoms with Crippen molar-refractivity contribution in [3.05, 3.63) is 39.6 Å². The largest absolute Gasteiger partial charge is 0.369 e. The Morgan fingerprint density at radius 1 is 1.11 bits per heavy atom. The van der Waals surface area contributed by atoms with Gasteiger partial charge >= 0.3 is 0 Å². The van der Waals surface area contributed by atoms with Crippen LogP contribution in [0.5, 0.6) is 0 Å². The third-order valence-corrected chi connectivity index (χ3v) is 3.39. The fourth-order valence-electron chi connectivity index (χ4n) is 1.76. The van der Waals surface area contributed by atoms with Crippen molar-refractivity contribution in [2.24, 2.45) is 0 Å². The molecular formula is C14H15Cl2N3. The van der Waals surface area contributed by atoms with E-state index in [-0.39, 0.29) is 0 Å². The molecule has 0 amide bonds. The molecule has 5 heteroatoms. The first-order valence-electron chi connectivity index (χ1n) is 6.07. The molecule has 1 N–H and O–H groups in total.